The summed E-state index contributed by atoms with van der Waals surface area (Å²) >= 11 is 0. The van der Waals surface area contributed by atoms with E-state index in [-0.39, 0.29) is 37.3 Å². The topological polar surface area (TPSA) is 53.3 Å². The predicted molar refractivity (Wildman–Crippen MR) is 110 cm³/mol. The van der Waals surface area contributed by atoms with Crippen molar-refractivity contribution in [3.05, 3.63) is 34.6 Å². The summed E-state index contributed by atoms with van der Waals surface area (Å²) in [5.41, 5.74) is 3.39. The van der Waals surface area contributed by atoms with E-state index in [0.717, 1.165) is 16.7 Å². The normalized spacial score (nSPS) is 24.5. The van der Waals surface area contributed by atoms with Gasteiger partial charge in [-0.25, -0.2) is 0 Å². The Bertz CT molecular complexity index is 642. The van der Waals surface area contributed by atoms with Crippen molar-refractivity contribution < 1.29 is 19.4 Å². The molecule has 142 valence electrons. The van der Waals surface area contributed by atoms with Crippen molar-refractivity contribution in [3.8, 4) is 0 Å². The minimum Gasteiger partial charge on any atom is -0.425 e. The van der Waals surface area contributed by atoms with E-state index in [2.05, 4.69) is 66.6 Å². The fourth-order valence-corrected chi connectivity index (χ4v) is 3.18. The van der Waals surface area contributed by atoms with Gasteiger partial charge in [-0.1, -0.05) is 23.7 Å². The van der Waals surface area contributed by atoms with Crippen LogP contribution in [0.25, 0.3) is 0 Å². The number of hydrogen-bond acceptors (Lipinski definition) is 3. The Labute approximate surface area is 159 Å². The van der Waals surface area contributed by atoms with Crippen LogP contribution in [0.2, 0.25) is 0 Å². The number of hydrogen-bond donors (Lipinski definition) is 1. The van der Waals surface area contributed by atoms with Gasteiger partial charge in [0, 0.05) is 11.6 Å². The summed E-state index contributed by atoms with van der Waals surface area (Å²) in [4.78, 5) is 0. The largest absolute Gasteiger partial charge is 0.491 e. The SMILES string of the molecule is CC(C)=CB(OC(C)C)C1=CC=C(B2OC(C)(C)C(C)(C)O2)[C@@H](C)C1=[NH2+]. The molecule has 0 aromatic heterocycles. The summed E-state index contributed by atoms with van der Waals surface area (Å²) in [6, 6.07) is 0. The minimum absolute atomic E-state index is 0.0357. The molecule has 0 radical (unpaired) electrons. The summed E-state index contributed by atoms with van der Waals surface area (Å²) in [5, 5.41) is 6.56. The monoisotopic (exact) mass is 358 g/mol. The van der Waals surface area contributed by atoms with Gasteiger partial charge in [-0.3, -0.25) is 5.41 Å². The summed E-state index contributed by atoms with van der Waals surface area (Å²) in [6.45, 7) is 18.5. The van der Waals surface area contributed by atoms with Crippen LogP contribution in [0, 0.1) is 5.92 Å². The molecule has 0 bridgehead atoms. The van der Waals surface area contributed by atoms with Crippen molar-refractivity contribution in [1.82, 2.24) is 0 Å². The van der Waals surface area contributed by atoms with Crippen molar-refractivity contribution in [2.24, 2.45) is 5.92 Å². The van der Waals surface area contributed by atoms with Crippen molar-refractivity contribution in [3.63, 3.8) is 0 Å². The first-order chi connectivity index (χ1) is 11.9. The molecule has 2 rings (SSSR count). The molecule has 1 atom stereocenters. The van der Waals surface area contributed by atoms with Gasteiger partial charge in [0.15, 0.2) is 5.71 Å². The molecule has 1 saturated heterocycles. The maximum absolute atomic E-state index is 6.56. The van der Waals surface area contributed by atoms with Gasteiger partial charge in [0.05, 0.1) is 17.1 Å². The highest BCUT2D eigenvalue weighted by Crippen LogP contribution is 2.40. The second-order valence-electron chi connectivity index (χ2n) is 8.90. The third kappa shape index (κ3) is 4.24. The molecular formula is C20H34B2NO3+. The smallest absolute Gasteiger partial charge is 0.425 e. The molecule has 0 spiro atoms. The molecular weight excluding hydrogens is 324 g/mol. The first-order valence-corrected chi connectivity index (χ1v) is 9.56. The van der Waals surface area contributed by atoms with E-state index in [4.69, 9.17) is 19.4 Å². The van der Waals surface area contributed by atoms with Crippen LogP contribution < -0.4 is 5.41 Å². The van der Waals surface area contributed by atoms with E-state index < -0.39 is 0 Å². The zero-order valence-corrected chi connectivity index (χ0v) is 17.8. The van der Waals surface area contributed by atoms with Gasteiger partial charge < -0.3 is 14.0 Å². The lowest BCUT2D eigenvalue weighted by Crippen LogP contribution is -2.51. The summed E-state index contributed by atoms with van der Waals surface area (Å²) < 4.78 is 18.5. The van der Waals surface area contributed by atoms with Gasteiger partial charge in [0.25, 0.3) is 0 Å². The van der Waals surface area contributed by atoms with Crippen LogP contribution >= 0.6 is 0 Å². The second-order valence-corrected chi connectivity index (χ2v) is 8.90. The Kier molecular flexibility index (Phi) is 6.11. The van der Waals surface area contributed by atoms with Gasteiger partial charge in [-0.15, -0.1) is 0 Å². The summed E-state index contributed by atoms with van der Waals surface area (Å²) in [6.07, 6.45) is 4.27. The number of allylic oxidation sites excluding steroid dienone is 5. The molecule has 0 unspecified atom stereocenters. The number of nitrogens with two attached hydrogens (primary N) is 1. The molecule has 0 saturated carbocycles. The van der Waals surface area contributed by atoms with E-state index in [0.29, 0.717) is 0 Å². The first-order valence-electron chi connectivity index (χ1n) is 9.56. The quantitative estimate of drug-likeness (QED) is 0.769. The molecule has 1 aliphatic heterocycles. The van der Waals surface area contributed by atoms with Gasteiger partial charge in [-0.2, -0.15) is 0 Å². The molecule has 1 fully saturated rings. The van der Waals surface area contributed by atoms with Gasteiger partial charge >= 0.3 is 14.0 Å². The van der Waals surface area contributed by atoms with Crippen LogP contribution in [0.3, 0.4) is 0 Å². The molecule has 2 N–H and O–H groups in total. The molecule has 1 heterocycles. The van der Waals surface area contributed by atoms with E-state index in [1.807, 2.05) is 13.8 Å². The van der Waals surface area contributed by atoms with E-state index in [9.17, 15) is 0 Å². The minimum atomic E-state index is -0.376. The molecule has 0 aromatic rings. The van der Waals surface area contributed by atoms with Crippen LogP contribution in [0.5, 0.6) is 0 Å². The lowest BCUT2D eigenvalue weighted by atomic mass is 9.53. The van der Waals surface area contributed by atoms with E-state index in [1.165, 1.54) is 5.57 Å². The molecule has 4 nitrogen and oxygen atoms in total. The average molecular weight is 358 g/mol. The summed E-state index contributed by atoms with van der Waals surface area (Å²) in [7, 11) is -0.376. The Morgan fingerprint density at radius 1 is 1.19 bits per heavy atom. The molecule has 2 aliphatic rings. The van der Waals surface area contributed by atoms with Gasteiger partial charge in [-0.05, 0) is 67.8 Å². The van der Waals surface area contributed by atoms with Crippen LogP contribution in [0.1, 0.15) is 62.3 Å². The third-order valence-electron chi connectivity index (χ3n) is 5.49. The highest BCUT2D eigenvalue weighted by Gasteiger charge is 2.54. The van der Waals surface area contributed by atoms with Crippen molar-refractivity contribution in [2.75, 3.05) is 0 Å². The van der Waals surface area contributed by atoms with E-state index >= 15 is 0 Å². The van der Waals surface area contributed by atoms with Crippen molar-refractivity contribution in [2.45, 2.75) is 79.6 Å². The molecule has 1 aliphatic carbocycles. The van der Waals surface area contributed by atoms with Crippen LogP contribution in [-0.4, -0.2) is 37.1 Å². The Morgan fingerprint density at radius 3 is 2.19 bits per heavy atom. The zero-order valence-electron chi connectivity index (χ0n) is 17.8. The zero-order chi connectivity index (χ0) is 19.9. The van der Waals surface area contributed by atoms with Gasteiger partial charge in [0.2, 0.25) is 0 Å². The fraction of sp³-hybridized carbons (Fsp3) is 0.650. The Balaban J connectivity index is 2.34. The van der Waals surface area contributed by atoms with Crippen molar-refractivity contribution in [1.29, 1.82) is 0 Å². The average Bonchev–Trinajstić information content (AvgIpc) is 2.68. The van der Waals surface area contributed by atoms with Crippen LogP contribution in [0.4, 0.5) is 0 Å². The van der Waals surface area contributed by atoms with Gasteiger partial charge in [0.1, 0.15) is 0 Å². The third-order valence-corrected chi connectivity index (χ3v) is 5.49. The molecule has 0 aromatic carbocycles. The standard InChI is InChI=1S/C20H33B2NO3/c1-13(2)12-21(24-14(3)4)17-11-10-16(15(5)18(17)23)22-25-19(6,7)20(8,9)26-22/h10-12,14-15,23H,1-9H3/p+1/t15-/m1/s1. The maximum Gasteiger partial charge on any atom is 0.491 e. The molecule has 6 heteroatoms. The van der Waals surface area contributed by atoms with E-state index in [1.54, 1.807) is 0 Å². The van der Waals surface area contributed by atoms with Crippen LogP contribution in [0.15, 0.2) is 34.6 Å². The highest BCUT2D eigenvalue weighted by molar-refractivity contribution is 6.72. The highest BCUT2D eigenvalue weighted by atomic mass is 16.7. The Morgan fingerprint density at radius 2 is 1.73 bits per heavy atom. The molecule has 26 heavy (non-hydrogen) atoms. The lowest BCUT2D eigenvalue weighted by molar-refractivity contribution is -0.117. The van der Waals surface area contributed by atoms with Crippen molar-refractivity contribution >= 4 is 19.7 Å². The summed E-state index contributed by atoms with van der Waals surface area (Å²) in [5.74, 6) is 2.16. The Hall–Kier alpha value is -1.10. The molecule has 0 amide bonds. The fourth-order valence-electron chi connectivity index (χ4n) is 3.18. The second kappa shape index (κ2) is 7.49. The number of rotatable bonds is 5. The first kappa shape index (κ1) is 21.2. The lowest BCUT2D eigenvalue weighted by Gasteiger charge is -2.32. The van der Waals surface area contributed by atoms with Crippen LogP contribution in [-0.2, 0) is 14.0 Å². The predicted octanol–water partition coefficient (Wildman–Crippen LogP) is 2.78. The maximum atomic E-state index is 6.56.